The van der Waals surface area contributed by atoms with Crippen molar-refractivity contribution in [1.82, 2.24) is 14.5 Å². The number of halogens is 1. The molecule has 0 spiro atoms. The normalized spacial score (nSPS) is 19.6. The van der Waals surface area contributed by atoms with E-state index < -0.39 is 0 Å². The predicted molar refractivity (Wildman–Crippen MR) is 83.1 cm³/mol. The van der Waals surface area contributed by atoms with Crippen molar-refractivity contribution < 1.29 is 0 Å². The number of hydrogen-bond acceptors (Lipinski definition) is 2. The van der Waals surface area contributed by atoms with Gasteiger partial charge in [0.2, 0.25) is 0 Å². The number of hydrogen-bond donors (Lipinski definition) is 0. The largest absolute Gasteiger partial charge is 0.309 e. The van der Waals surface area contributed by atoms with E-state index in [-0.39, 0.29) is 0 Å². The second kappa shape index (κ2) is 5.03. The van der Waals surface area contributed by atoms with E-state index in [1.165, 1.54) is 25.7 Å². The predicted octanol–water partition coefficient (Wildman–Crippen LogP) is 4.62. The van der Waals surface area contributed by atoms with Gasteiger partial charge in [-0.05, 0) is 50.2 Å². The van der Waals surface area contributed by atoms with E-state index in [0.29, 0.717) is 17.3 Å². The molecule has 0 bridgehead atoms. The van der Waals surface area contributed by atoms with E-state index in [1.807, 2.05) is 13.0 Å². The summed E-state index contributed by atoms with van der Waals surface area (Å²) in [6.45, 7) is 6.75. The SMILES string of the molecule is Cc1ccc2nc(CCl)n(C3CCC(C)(C)CC3)c2n1. The lowest BCUT2D eigenvalue weighted by Gasteiger charge is -2.35. The zero-order valence-corrected chi connectivity index (χ0v) is 13.2. The van der Waals surface area contributed by atoms with Crippen molar-refractivity contribution in [2.45, 2.75) is 58.4 Å². The van der Waals surface area contributed by atoms with Gasteiger partial charge in [0.05, 0.1) is 5.88 Å². The first-order chi connectivity index (χ1) is 9.50. The maximum Gasteiger partial charge on any atom is 0.160 e. The van der Waals surface area contributed by atoms with Gasteiger partial charge in [-0.2, -0.15) is 0 Å². The second-order valence-electron chi connectivity index (χ2n) is 6.72. The molecule has 2 aromatic heterocycles. The highest BCUT2D eigenvalue weighted by atomic mass is 35.5. The van der Waals surface area contributed by atoms with Crippen molar-refractivity contribution in [3.8, 4) is 0 Å². The fourth-order valence-corrected chi connectivity index (χ4v) is 3.42. The summed E-state index contributed by atoms with van der Waals surface area (Å²) in [5.74, 6) is 1.42. The van der Waals surface area contributed by atoms with Crippen LogP contribution in [0.2, 0.25) is 0 Å². The molecule has 4 heteroatoms. The molecule has 0 amide bonds. The van der Waals surface area contributed by atoms with E-state index in [9.17, 15) is 0 Å². The Hall–Kier alpha value is -1.09. The van der Waals surface area contributed by atoms with Crippen LogP contribution in [0.4, 0.5) is 0 Å². The van der Waals surface area contributed by atoms with Crippen LogP contribution in [0, 0.1) is 12.3 Å². The average Bonchev–Trinajstić information content (AvgIpc) is 2.76. The highest BCUT2D eigenvalue weighted by molar-refractivity contribution is 6.16. The standard InChI is InChI=1S/C16H22ClN3/c1-11-4-5-13-15(18-11)20(14(10-17)19-13)12-6-8-16(2,3)9-7-12/h4-5,12H,6-10H2,1-3H3. The zero-order chi connectivity index (χ0) is 14.3. The van der Waals surface area contributed by atoms with Crippen molar-refractivity contribution in [1.29, 1.82) is 0 Å². The summed E-state index contributed by atoms with van der Waals surface area (Å²) in [5.41, 5.74) is 3.48. The lowest BCUT2D eigenvalue weighted by atomic mass is 9.75. The first-order valence-electron chi connectivity index (χ1n) is 7.40. The molecular weight excluding hydrogens is 270 g/mol. The number of pyridine rings is 1. The molecule has 2 aromatic rings. The van der Waals surface area contributed by atoms with E-state index in [4.69, 9.17) is 16.6 Å². The quantitative estimate of drug-likeness (QED) is 0.756. The number of aromatic nitrogens is 3. The number of fused-ring (bicyclic) bond motifs is 1. The molecule has 108 valence electrons. The molecule has 0 aliphatic heterocycles. The fraction of sp³-hybridized carbons (Fsp3) is 0.625. The molecule has 3 rings (SSSR count). The molecular formula is C16H22ClN3. The number of alkyl halides is 1. The molecule has 0 radical (unpaired) electrons. The van der Waals surface area contributed by atoms with Crippen LogP contribution >= 0.6 is 11.6 Å². The molecule has 0 unspecified atom stereocenters. The van der Waals surface area contributed by atoms with Crippen LogP contribution in [0.5, 0.6) is 0 Å². The first-order valence-corrected chi connectivity index (χ1v) is 7.94. The van der Waals surface area contributed by atoms with Gasteiger partial charge in [-0.3, -0.25) is 0 Å². The van der Waals surface area contributed by atoms with Crippen molar-refractivity contribution >= 4 is 22.8 Å². The Morgan fingerprint density at radius 3 is 2.60 bits per heavy atom. The molecule has 1 aliphatic carbocycles. The zero-order valence-electron chi connectivity index (χ0n) is 12.5. The van der Waals surface area contributed by atoms with Crippen LogP contribution < -0.4 is 0 Å². The molecule has 0 N–H and O–H groups in total. The number of nitrogens with zero attached hydrogens (tertiary/aromatic N) is 3. The molecule has 1 aliphatic rings. The fourth-order valence-electron chi connectivity index (χ4n) is 3.24. The lowest BCUT2D eigenvalue weighted by molar-refractivity contribution is 0.194. The van der Waals surface area contributed by atoms with Crippen molar-refractivity contribution in [3.63, 3.8) is 0 Å². The maximum absolute atomic E-state index is 6.11. The molecule has 0 aromatic carbocycles. The molecule has 0 atom stereocenters. The molecule has 1 fully saturated rings. The minimum Gasteiger partial charge on any atom is -0.309 e. The summed E-state index contributed by atoms with van der Waals surface area (Å²) in [6.07, 6.45) is 4.89. The average molecular weight is 292 g/mol. The maximum atomic E-state index is 6.11. The van der Waals surface area contributed by atoms with Crippen molar-refractivity contribution in [2.75, 3.05) is 0 Å². The smallest absolute Gasteiger partial charge is 0.160 e. The van der Waals surface area contributed by atoms with Gasteiger partial charge in [-0.1, -0.05) is 13.8 Å². The van der Waals surface area contributed by atoms with Gasteiger partial charge in [-0.25, -0.2) is 9.97 Å². The van der Waals surface area contributed by atoms with Crippen LogP contribution in [0.15, 0.2) is 12.1 Å². The van der Waals surface area contributed by atoms with Gasteiger partial charge in [-0.15, -0.1) is 11.6 Å². The molecule has 2 heterocycles. The summed E-state index contributed by atoms with van der Waals surface area (Å²) in [4.78, 5) is 9.35. The minimum absolute atomic E-state index is 0.454. The van der Waals surface area contributed by atoms with Gasteiger partial charge in [0.25, 0.3) is 0 Å². The number of imidazole rings is 1. The van der Waals surface area contributed by atoms with Gasteiger partial charge in [0.1, 0.15) is 11.3 Å². The van der Waals surface area contributed by atoms with Crippen molar-refractivity contribution in [2.24, 2.45) is 5.41 Å². The molecule has 1 saturated carbocycles. The Morgan fingerprint density at radius 1 is 1.25 bits per heavy atom. The van der Waals surface area contributed by atoms with Crippen LogP contribution in [-0.2, 0) is 5.88 Å². The number of rotatable bonds is 2. The van der Waals surface area contributed by atoms with Crippen LogP contribution in [0.25, 0.3) is 11.2 Å². The Labute approximate surface area is 125 Å². The third-order valence-electron chi connectivity index (χ3n) is 4.54. The summed E-state index contributed by atoms with van der Waals surface area (Å²) < 4.78 is 2.30. The topological polar surface area (TPSA) is 30.7 Å². The van der Waals surface area contributed by atoms with Gasteiger partial charge >= 0.3 is 0 Å². The summed E-state index contributed by atoms with van der Waals surface area (Å²) in [6, 6.07) is 4.56. The second-order valence-corrected chi connectivity index (χ2v) is 6.99. The highest BCUT2D eigenvalue weighted by Crippen LogP contribution is 2.41. The molecule has 20 heavy (non-hydrogen) atoms. The third-order valence-corrected chi connectivity index (χ3v) is 4.78. The first kappa shape index (κ1) is 13.9. The summed E-state index contributed by atoms with van der Waals surface area (Å²) in [7, 11) is 0. The Kier molecular flexibility index (Phi) is 3.49. The molecule has 3 nitrogen and oxygen atoms in total. The Bertz CT molecular complexity index is 620. The van der Waals surface area contributed by atoms with Crippen LogP contribution in [0.3, 0.4) is 0 Å². The van der Waals surface area contributed by atoms with Gasteiger partial charge in [0.15, 0.2) is 5.65 Å². The van der Waals surface area contributed by atoms with Gasteiger partial charge in [0, 0.05) is 11.7 Å². The van der Waals surface area contributed by atoms with Crippen LogP contribution in [0.1, 0.15) is 57.1 Å². The Morgan fingerprint density at radius 2 is 1.95 bits per heavy atom. The molecule has 0 saturated heterocycles. The number of aryl methyl sites for hydroxylation is 1. The van der Waals surface area contributed by atoms with E-state index in [0.717, 1.165) is 22.7 Å². The summed E-state index contributed by atoms with van der Waals surface area (Å²) >= 11 is 6.11. The van der Waals surface area contributed by atoms with Gasteiger partial charge < -0.3 is 4.57 Å². The van der Waals surface area contributed by atoms with E-state index >= 15 is 0 Å². The lowest BCUT2D eigenvalue weighted by Crippen LogP contribution is -2.24. The van der Waals surface area contributed by atoms with E-state index in [1.54, 1.807) is 0 Å². The van der Waals surface area contributed by atoms with Crippen molar-refractivity contribution in [3.05, 3.63) is 23.7 Å². The highest BCUT2D eigenvalue weighted by Gasteiger charge is 2.29. The van der Waals surface area contributed by atoms with Crippen LogP contribution in [-0.4, -0.2) is 14.5 Å². The van der Waals surface area contributed by atoms with E-state index in [2.05, 4.69) is 29.5 Å². The third kappa shape index (κ3) is 2.44. The minimum atomic E-state index is 0.454. The monoisotopic (exact) mass is 291 g/mol. The summed E-state index contributed by atoms with van der Waals surface area (Å²) in [5, 5.41) is 0. The Balaban J connectivity index is 2.03.